The van der Waals surface area contributed by atoms with E-state index in [9.17, 15) is 9.59 Å². The van der Waals surface area contributed by atoms with E-state index in [2.05, 4.69) is 11.9 Å². The first-order valence-corrected chi connectivity index (χ1v) is 9.21. The quantitative estimate of drug-likeness (QED) is 0.792. The Morgan fingerprint density at radius 1 is 1.12 bits per heavy atom. The third kappa shape index (κ3) is 4.62. The van der Waals surface area contributed by atoms with E-state index >= 15 is 0 Å². The number of hydrogen-bond acceptors (Lipinski definition) is 4. The molecule has 0 aromatic heterocycles. The summed E-state index contributed by atoms with van der Waals surface area (Å²) in [6, 6.07) is -0.0701. The van der Waals surface area contributed by atoms with Crippen molar-refractivity contribution in [2.45, 2.75) is 71.1 Å². The van der Waals surface area contributed by atoms with Gasteiger partial charge in [-0.25, -0.2) is 4.79 Å². The summed E-state index contributed by atoms with van der Waals surface area (Å²) in [6.45, 7) is 11.0. The van der Waals surface area contributed by atoms with Crippen molar-refractivity contribution >= 4 is 12.0 Å². The van der Waals surface area contributed by atoms with Crippen LogP contribution in [0, 0.1) is 0 Å². The van der Waals surface area contributed by atoms with Crippen molar-refractivity contribution in [1.82, 2.24) is 14.7 Å². The van der Waals surface area contributed by atoms with Crippen molar-refractivity contribution in [2.75, 3.05) is 33.2 Å². The summed E-state index contributed by atoms with van der Waals surface area (Å²) in [7, 11) is 2.12. The van der Waals surface area contributed by atoms with Crippen LogP contribution < -0.4 is 0 Å². The van der Waals surface area contributed by atoms with E-state index in [1.807, 2.05) is 32.6 Å². The summed E-state index contributed by atoms with van der Waals surface area (Å²) in [6.07, 6.45) is 3.25. The van der Waals surface area contributed by atoms with Crippen molar-refractivity contribution < 1.29 is 14.3 Å². The van der Waals surface area contributed by atoms with Gasteiger partial charge in [-0.1, -0.05) is 0 Å². The number of ether oxygens (including phenoxy) is 1. The second kappa shape index (κ2) is 7.72. The molecule has 6 nitrogen and oxygen atoms in total. The highest BCUT2D eigenvalue weighted by molar-refractivity contribution is 5.86. The Morgan fingerprint density at radius 3 is 2.29 bits per heavy atom. The van der Waals surface area contributed by atoms with Crippen LogP contribution in [0.5, 0.6) is 0 Å². The minimum atomic E-state index is -0.536. The standard InChI is InChI=1S/C18H33N3O3/c1-6-20(14-9-12-19(5)13-10-14)16(22)15-8-7-11-21(15)17(23)24-18(2,3)4/h14-15H,6-13H2,1-5H3/t15-/m0/s1. The van der Waals surface area contributed by atoms with Gasteiger partial charge in [0.2, 0.25) is 5.91 Å². The largest absolute Gasteiger partial charge is 0.444 e. The molecule has 1 atom stereocenters. The van der Waals surface area contributed by atoms with Crippen molar-refractivity contribution in [1.29, 1.82) is 0 Å². The predicted molar refractivity (Wildman–Crippen MR) is 93.9 cm³/mol. The number of hydrogen-bond donors (Lipinski definition) is 0. The fourth-order valence-electron chi connectivity index (χ4n) is 3.65. The van der Waals surface area contributed by atoms with E-state index in [4.69, 9.17) is 4.74 Å². The highest BCUT2D eigenvalue weighted by Crippen LogP contribution is 2.25. The Labute approximate surface area is 146 Å². The van der Waals surface area contributed by atoms with Gasteiger partial charge in [0.25, 0.3) is 0 Å². The molecule has 2 heterocycles. The van der Waals surface area contributed by atoms with Gasteiger partial charge in [-0.3, -0.25) is 9.69 Å². The average molecular weight is 339 g/mol. The summed E-state index contributed by atoms with van der Waals surface area (Å²) < 4.78 is 5.48. The minimum Gasteiger partial charge on any atom is -0.444 e. The Hall–Kier alpha value is -1.30. The van der Waals surface area contributed by atoms with Gasteiger partial charge in [-0.2, -0.15) is 0 Å². The van der Waals surface area contributed by atoms with E-state index in [-0.39, 0.29) is 18.0 Å². The van der Waals surface area contributed by atoms with Gasteiger partial charge >= 0.3 is 6.09 Å². The van der Waals surface area contributed by atoms with Gasteiger partial charge < -0.3 is 14.5 Å². The van der Waals surface area contributed by atoms with Crippen LogP contribution in [-0.4, -0.2) is 77.6 Å². The van der Waals surface area contributed by atoms with Crippen LogP contribution >= 0.6 is 0 Å². The summed E-state index contributed by atoms with van der Waals surface area (Å²) in [4.78, 5) is 31.5. The van der Waals surface area contributed by atoms with Crippen molar-refractivity contribution in [2.24, 2.45) is 0 Å². The van der Waals surface area contributed by atoms with Gasteiger partial charge in [0.1, 0.15) is 11.6 Å². The number of carbonyl (C=O) groups excluding carboxylic acids is 2. The van der Waals surface area contributed by atoms with Crippen LogP contribution in [0.3, 0.4) is 0 Å². The normalized spacial score (nSPS) is 23.4. The summed E-state index contributed by atoms with van der Waals surface area (Å²) >= 11 is 0. The van der Waals surface area contributed by atoms with Gasteiger partial charge in [-0.05, 0) is 73.5 Å². The second-order valence-electron chi connectivity index (χ2n) is 7.99. The molecule has 0 aromatic rings. The van der Waals surface area contributed by atoms with Gasteiger partial charge in [0.05, 0.1) is 0 Å². The third-order valence-electron chi connectivity index (χ3n) is 4.92. The molecular weight excluding hydrogens is 306 g/mol. The molecule has 2 aliphatic heterocycles. The summed E-state index contributed by atoms with van der Waals surface area (Å²) in [5.74, 6) is 0.0930. The first kappa shape index (κ1) is 19.0. The van der Waals surface area contributed by atoms with Crippen LogP contribution in [0.4, 0.5) is 4.79 Å². The maximum Gasteiger partial charge on any atom is 0.410 e. The fraction of sp³-hybridized carbons (Fsp3) is 0.889. The molecule has 6 heteroatoms. The highest BCUT2D eigenvalue weighted by atomic mass is 16.6. The number of likely N-dealkylation sites (tertiary alicyclic amines) is 2. The molecule has 0 radical (unpaired) electrons. The first-order valence-electron chi connectivity index (χ1n) is 9.21. The van der Waals surface area contributed by atoms with E-state index in [0.29, 0.717) is 19.1 Å². The number of nitrogens with zero attached hydrogens (tertiary/aromatic N) is 3. The lowest BCUT2D eigenvalue weighted by molar-refractivity contribution is -0.139. The predicted octanol–water partition coefficient (Wildman–Crippen LogP) is 2.33. The molecule has 0 saturated carbocycles. The van der Waals surface area contributed by atoms with Gasteiger partial charge in [-0.15, -0.1) is 0 Å². The Bertz CT molecular complexity index is 453. The Kier molecular flexibility index (Phi) is 6.12. The van der Waals surface area contributed by atoms with Gasteiger partial charge in [0.15, 0.2) is 0 Å². The van der Waals surface area contributed by atoms with E-state index < -0.39 is 5.60 Å². The average Bonchev–Trinajstić information content (AvgIpc) is 2.97. The van der Waals surface area contributed by atoms with E-state index in [0.717, 1.165) is 38.8 Å². The van der Waals surface area contributed by atoms with Crippen LogP contribution in [0.2, 0.25) is 0 Å². The number of piperidine rings is 1. The number of amides is 2. The molecule has 2 aliphatic rings. The minimum absolute atomic E-state index is 0.0930. The molecule has 0 spiro atoms. The van der Waals surface area contributed by atoms with Crippen molar-refractivity contribution in [3.63, 3.8) is 0 Å². The molecule has 2 saturated heterocycles. The number of likely N-dealkylation sites (N-methyl/N-ethyl adjacent to an activating group) is 1. The molecule has 0 unspecified atom stereocenters. The SMILES string of the molecule is CCN(C(=O)[C@@H]1CCCN1C(=O)OC(C)(C)C)C1CCN(C)CC1. The van der Waals surface area contributed by atoms with Crippen LogP contribution in [0.15, 0.2) is 0 Å². The van der Waals surface area contributed by atoms with Crippen molar-refractivity contribution in [3.8, 4) is 0 Å². The molecule has 0 N–H and O–H groups in total. The van der Waals surface area contributed by atoms with Crippen LogP contribution in [0.25, 0.3) is 0 Å². The van der Waals surface area contributed by atoms with Crippen molar-refractivity contribution in [3.05, 3.63) is 0 Å². The Balaban J connectivity index is 2.04. The van der Waals surface area contributed by atoms with Gasteiger partial charge in [0, 0.05) is 19.1 Å². The molecule has 2 rings (SSSR count). The zero-order chi connectivity index (χ0) is 17.9. The maximum atomic E-state index is 13.1. The Morgan fingerprint density at radius 2 is 1.75 bits per heavy atom. The monoisotopic (exact) mass is 339 g/mol. The molecule has 138 valence electrons. The second-order valence-corrected chi connectivity index (χ2v) is 7.99. The number of rotatable bonds is 3. The zero-order valence-corrected chi connectivity index (χ0v) is 15.9. The fourth-order valence-corrected chi connectivity index (χ4v) is 3.65. The molecule has 0 bridgehead atoms. The lowest BCUT2D eigenvalue weighted by Gasteiger charge is -2.39. The molecule has 0 aromatic carbocycles. The zero-order valence-electron chi connectivity index (χ0n) is 15.9. The number of carbonyl (C=O) groups is 2. The lowest BCUT2D eigenvalue weighted by Crippen LogP contribution is -2.53. The van der Waals surface area contributed by atoms with E-state index in [1.165, 1.54) is 0 Å². The molecule has 2 fully saturated rings. The molecule has 2 amide bonds. The van der Waals surface area contributed by atoms with E-state index in [1.54, 1.807) is 4.90 Å². The molecule has 0 aliphatic carbocycles. The maximum absolute atomic E-state index is 13.1. The summed E-state index contributed by atoms with van der Waals surface area (Å²) in [5.41, 5.74) is -0.536. The smallest absolute Gasteiger partial charge is 0.410 e. The first-order chi connectivity index (χ1) is 11.2. The topological polar surface area (TPSA) is 53.1 Å². The summed E-state index contributed by atoms with van der Waals surface area (Å²) in [5, 5.41) is 0. The lowest BCUT2D eigenvalue weighted by atomic mass is 10.0. The third-order valence-corrected chi connectivity index (χ3v) is 4.92. The molecular formula is C18H33N3O3. The highest BCUT2D eigenvalue weighted by Gasteiger charge is 2.40. The molecule has 24 heavy (non-hydrogen) atoms. The van der Waals surface area contributed by atoms with Crippen LogP contribution in [0.1, 0.15) is 53.4 Å². The van der Waals surface area contributed by atoms with Crippen LogP contribution in [-0.2, 0) is 9.53 Å².